The molecule has 0 saturated heterocycles. The molecule has 2 aromatic rings. The first kappa shape index (κ1) is 14.9. The van der Waals surface area contributed by atoms with Gasteiger partial charge in [-0.25, -0.2) is 0 Å². The van der Waals surface area contributed by atoms with Crippen molar-refractivity contribution in [1.29, 1.82) is 0 Å². The summed E-state index contributed by atoms with van der Waals surface area (Å²) in [6.45, 7) is 4.45. The molecule has 0 spiro atoms. The summed E-state index contributed by atoms with van der Waals surface area (Å²) < 4.78 is 11.1. The minimum atomic E-state index is 0.149. The van der Waals surface area contributed by atoms with Gasteiger partial charge in [-0.2, -0.15) is 11.3 Å². The molecule has 0 radical (unpaired) electrons. The lowest BCUT2D eigenvalue weighted by Crippen LogP contribution is -2.31. The molecule has 1 aliphatic rings. The Kier molecular flexibility index (Phi) is 4.63. The maximum absolute atomic E-state index is 12.4. The third-order valence-corrected chi connectivity index (χ3v) is 4.38. The monoisotopic (exact) mass is 317 g/mol. The molecule has 3 rings (SSSR count). The number of carbonyl (C=O) groups excluding carboxylic acids is 1. The molecule has 1 amide bonds. The number of carbonyl (C=O) groups is 1. The summed E-state index contributed by atoms with van der Waals surface area (Å²) in [6, 6.07) is 7.88. The maximum Gasteiger partial charge on any atom is 0.227 e. The van der Waals surface area contributed by atoms with E-state index in [1.54, 1.807) is 11.3 Å². The van der Waals surface area contributed by atoms with Crippen LogP contribution < -0.4 is 9.47 Å². The highest BCUT2D eigenvalue weighted by Gasteiger charge is 2.16. The predicted octanol–water partition coefficient (Wildman–Crippen LogP) is 3.11. The molecular weight excluding hydrogens is 298 g/mol. The van der Waals surface area contributed by atoms with Gasteiger partial charge in [-0.15, -0.1) is 0 Å². The van der Waals surface area contributed by atoms with E-state index in [1.165, 1.54) is 0 Å². The van der Waals surface area contributed by atoms with E-state index in [4.69, 9.17) is 9.47 Å². The van der Waals surface area contributed by atoms with Crippen molar-refractivity contribution < 1.29 is 14.3 Å². The van der Waals surface area contributed by atoms with Crippen LogP contribution in [0.25, 0.3) is 0 Å². The number of hydrogen-bond donors (Lipinski definition) is 0. The van der Waals surface area contributed by atoms with Gasteiger partial charge in [0.15, 0.2) is 11.5 Å². The minimum Gasteiger partial charge on any atom is -0.486 e. The minimum absolute atomic E-state index is 0.149. The molecule has 0 aliphatic carbocycles. The Morgan fingerprint density at radius 2 is 2.00 bits per heavy atom. The normalized spacial score (nSPS) is 13.0. The van der Waals surface area contributed by atoms with E-state index in [0.717, 1.165) is 22.6 Å². The zero-order chi connectivity index (χ0) is 15.4. The number of ether oxygens (including phenoxy) is 2. The summed E-state index contributed by atoms with van der Waals surface area (Å²) in [5.74, 6) is 1.70. The van der Waals surface area contributed by atoms with Crippen LogP contribution in [0.1, 0.15) is 18.1 Å². The number of amides is 1. The zero-order valence-corrected chi connectivity index (χ0v) is 13.4. The Hall–Kier alpha value is -2.01. The van der Waals surface area contributed by atoms with Crippen molar-refractivity contribution in [3.8, 4) is 11.5 Å². The number of benzene rings is 1. The molecule has 1 aromatic heterocycles. The summed E-state index contributed by atoms with van der Waals surface area (Å²) in [6.07, 6.45) is 0.460. The van der Waals surface area contributed by atoms with Crippen LogP contribution in [0.15, 0.2) is 35.0 Å². The van der Waals surface area contributed by atoms with Gasteiger partial charge in [-0.3, -0.25) is 4.79 Å². The van der Waals surface area contributed by atoms with Crippen LogP contribution in [0.3, 0.4) is 0 Å². The van der Waals surface area contributed by atoms with Crippen molar-refractivity contribution in [2.24, 2.45) is 0 Å². The lowest BCUT2D eigenvalue weighted by Gasteiger charge is -2.23. The van der Waals surface area contributed by atoms with Crippen LogP contribution in [-0.4, -0.2) is 30.6 Å². The SMILES string of the molecule is CCN(Cc1ccc2c(c1)OCCO2)C(=O)Cc1ccsc1. The van der Waals surface area contributed by atoms with Gasteiger partial charge in [0.05, 0.1) is 6.42 Å². The second-order valence-electron chi connectivity index (χ2n) is 5.19. The number of rotatable bonds is 5. The Bertz CT molecular complexity index is 639. The summed E-state index contributed by atoms with van der Waals surface area (Å²) in [4.78, 5) is 14.3. The molecule has 1 aromatic carbocycles. The Labute approximate surface area is 134 Å². The molecule has 0 saturated carbocycles. The van der Waals surface area contributed by atoms with Crippen LogP contribution in [-0.2, 0) is 17.8 Å². The molecule has 0 fully saturated rings. The average Bonchev–Trinajstić information content (AvgIpc) is 3.05. The van der Waals surface area contributed by atoms with Crippen molar-refractivity contribution >= 4 is 17.2 Å². The van der Waals surface area contributed by atoms with Crippen molar-refractivity contribution in [2.75, 3.05) is 19.8 Å². The second-order valence-corrected chi connectivity index (χ2v) is 5.97. The first-order valence-electron chi connectivity index (χ1n) is 7.43. The van der Waals surface area contributed by atoms with Crippen LogP contribution >= 0.6 is 11.3 Å². The van der Waals surface area contributed by atoms with E-state index in [-0.39, 0.29) is 5.91 Å². The Morgan fingerprint density at radius 3 is 2.73 bits per heavy atom. The van der Waals surface area contributed by atoms with Gasteiger partial charge in [-0.05, 0) is 47.0 Å². The Morgan fingerprint density at radius 1 is 1.18 bits per heavy atom. The highest BCUT2D eigenvalue weighted by Crippen LogP contribution is 2.31. The average molecular weight is 317 g/mol. The Balaban J connectivity index is 1.68. The van der Waals surface area contributed by atoms with E-state index in [0.29, 0.717) is 32.7 Å². The number of fused-ring (bicyclic) bond motifs is 1. The van der Waals surface area contributed by atoms with Crippen molar-refractivity contribution in [2.45, 2.75) is 19.9 Å². The third-order valence-electron chi connectivity index (χ3n) is 3.65. The van der Waals surface area contributed by atoms with Crippen molar-refractivity contribution in [3.63, 3.8) is 0 Å². The second kappa shape index (κ2) is 6.83. The van der Waals surface area contributed by atoms with Crippen LogP contribution in [0.4, 0.5) is 0 Å². The fourth-order valence-corrected chi connectivity index (χ4v) is 3.13. The lowest BCUT2D eigenvalue weighted by atomic mass is 10.1. The fraction of sp³-hybridized carbons (Fsp3) is 0.353. The number of nitrogens with zero attached hydrogens (tertiary/aromatic N) is 1. The maximum atomic E-state index is 12.4. The molecule has 1 aliphatic heterocycles. The van der Waals surface area contributed by atoms with E-state index in [2.05, 4.69) is 0 Å². The summed E-state index contributed by atoms with van der Waals surface area (Å²) in [5, 5.41) is 4.02. The zero-order valence-electron chi connectivity index (χ0n) is 12.6. The van der Waals surface area contributed by atoms with Crippen molar-refractivity contribution in [3.05, 3.63) is 46.2 Å². The van der Waals surface area contributed by atoms with Gasteiger partial charge in [0.25, 0.3) is 0 Å². The first-order valence-corrected chi connectivity index (χ1v) is 8.38. The van der Waals surface area contributed by atoms with Gasteiger partial charge >= 0.3 is 0 Å². The molecule has 0 bridgehead atoms. The highest BCUT2D eigenvalue weighted by atomic mass is 32.1. The number of likely N-dealkylation sites (N-methyl/N-ethyl adjacent to an activating group) is 1. The van der Waals surface area contributed by atoms with Crippen LogP contribution in [0, 0.1) is 0 Å². The summed E-state index contributed by atoms with van der Waals surface area (Å²) in [7, 11) is 0. The molecule has 0 N–H and O–H groups in total. The molecule has 4 nitrogen and oxygen atoms in total. The molecule has 22 heavy (non-hydrogen) atoms. The summed E-state index contributed by atoms with van der Waals surface area (Å²) >= 11 is 1.62. The standard InChI is InChI=1S/C17H19NO3S/c1-2-18(17(19)10-14-5-8-22-12-14)11-13-3-4-15-16(9-13)21-7-6-20-15/h3-5,8-9,12H,2,6-7,10-11H2,1H3. The molecule has 0 unspecified atom stereocenters. The smallest absolute Gasteiger partial charge is 0.227 e. The van der Waals surface area contributed by atoms with Gasteiger partial charge < -0.3 is 14.4 Å². The summed E-state index contributed by atoms with van der Waals surface area (Å²) in [5.41, 5.74) is 2.14. The van der Waals surface area contributed by atoms with Crippen LogP contribution in [0.5, 0.6) is 11.5 Å². The van der Waals surface area contributed by atoms with Gasteiger partial charge in [0, 0.05) is 13.1 Å². The highest BCUT2D eigenvalue weighted by molar-refractivity contribution is 7.07. The molecule has 2 heterocycles. The first-order chi connectivity index (χ1) is 10.8. The number of thiophene rings is 1. The van der Waals surface area contributed by atoms with E-state index < -0.39 is 0 Å². The fourth-order valence-electron chi connectivity index (χ4n) is 2.46. The lowest BCUT2D eigenvalue weighted by molar-refractivity contribution is -0.130. The molecular formula is C17H19NO3S. The topological polar surface area (TPSA) is 38.8 Å². The van der Waals surface area contributed by atoms with Crippen molar-refractivity contribution in [1.82, 2.24) is 4.90 Å². The van der Waals surface area contributed by atoms with E-state index in [9.17, 15) is 4.79 Å². The van der Waals surface area contributed by atoms with E-state index >= 15 is 0 Å². The van der Waals surface area contributed by atoms with E-state index in [1.807, 2.05) is 46.8 Å². The van der Waals surface area contributed by atoms with Crippen LogP contribution in [0.2, 0.25) is 0 Å². The number of hydrogen-bond acceptors (Lipinski definition) is 4. The molecule has 5 heteroatoms. The quantitative estimate of drug-likeness (QED) is 0.850. The van der Waals surface area contributed by atoms with Gasteiger partial charge in [0.1, 0.15) is 13.2 Å². The predicted molar refractivity (Wildman–Crippen MR) is 86.5 cm³/mol. The van der Waals surface area contributed by atoms with Gasteiger partial charge in [-0.1, -0.05) is 6.07 Å². The largest absolute Gasteiger partial charge is 0.486 e. The third kappa shape index (κ3) is 3.42. The molecule has 0 atom stereocenters. The van der Waals surface area contributed by atoms with Gasteiger partial charge in [0.2, 0.25) is 5.91 Å². The molecule has 116 valence electrons.